The van der Waals surface area contributed by atoms with Gasteiger partial charge in [-0.1, -0.05) is 60.7 Å². The van der Waals surface area contributed by atoms with Gasteiger partial charge in [0, 0.05) is 12.3 Å². The van der Waals surface area contributed by atoms with Crippen LogP contribution in [0.15, 0.2) is 72.9 Å². The highest BCUT2D eigenvalue weighted by Crippen LogP contribution is 2.01. The second-order valence-electron chi connectivity index (χ2n) is 4.63. The smallest absolute Gasteiger partial charge is 0.411 e. The van der Waals surface area contributed by atoms with Gasteiger partial charge in [-0.2, -0.15) is 0 Å². The van der Waals surface area contributed by atoms with Gasteiger partial charge < -0.3 is 9.47 Å². The van der Waals surface area contributed by atoms with Crippen LogP contribution in [0.4, 0.5) is 4.79 Å². The highest BCUT2D eigenvalue weighted by Gasteiger charge is 2.01. The van der Waals surface area contributed by atoms with Crippen LogP contribution in [0.5, 0.6) is 0 Å². The van der Waals surface area contributed by atoms with Gasteiger partial charge in [0.1, 0.15) is 13.2 Å². The second-order valence-corrected chi connectivity index (χ2v) is 4.63. The molecule has 0 aliphatic rings. The lowest BCUT2D eigenvalue weighted by molar-refractivity contribution is -0.139. The fourth-order valence-electron chi connectivity index (χ4n) is 1.72. The number of nitrogens with one attached hydrogen (secondary N) is 1. The summed E-state index contributed by atoms with van der Waals surface area (Å²) in [5, 5.41) is 2.34. The molecule has 2 rings (SSSR count). The monoisotopic (exact) mass is 311 g/mol. The molecule has 1 amide bonds. The molecule has 5 heteroatoms. The quantitative estimate of drug-likeness (QED) is 0.657. The predicted molar refractivity (Wildman–Crippen MR) is 85.1 cm³/mol. The van der Waals surface area contributed by atoms with Gasteiger partial charge in [-0.15, -0.1) is 0 Å². The van der Waals surface area contributed by atoms with Gasteiger partial charge in [0.25, 0.3) is 0 Å². The summed E-state index contributed by atoms with van der Waals surface area (Å²) in [4.78, 5) is 22.9. The van der Waals surface area contributed by atoms with Gasteiger partial charge in [0.15, 0.2) is 0 Å². The largest absolute Gasteiger partial charge is 0.458 e. The zero-order valence-electron chi connectivity index (χ0n) is 12.5. The maximum absolute atomic E-state index is 11.5. The maximum atomic E-state index is 11.5. The van der Waals surface area contributed by atoms with Crippen molar-refractivity contribution in [3.05, 3.63) is 84.1 Å². The molecule has 0 saturated heterocycles. The van der Waals surface area contributed by atoms with Crippen molar-refractivity contribution in [2.24, 2.45) is 0 Å². The Bertz CT molecular complexity index is 653. The number of ether oxygens (including phenoxy) is 2. The highest BCUT2D eigenvalue weighted by molar-refractivity contribution is 5.82. The van der Waals surface area contributed by atoms with Gasteiger partial charge in [-0.25, -0.2) is 9.59 Å². The van der Waals surface area contributed by atoms with Gasteiger partial charge in [0.05, 0.1) is 0 Å². The number of carbonyl (C=O) groups is 2. The molecule has 0 radical (unpaired) electrons. The predicted octanol–water partition coefficient (Wildman–Crippen LogP) is 3.17. The zero-order chi connectivity index (χ0) is 16.3. The number of rotatable bonds is 6. The lowest BCUT2D eigenvalue weighted by Gasteiger charge is -2.04. The minimum absolute atomic E-state index is 0.166. The van der Waals surface area contributed by atoms with Gasteiger partial charge in [-0.3, -0.25) is 5.32 Å². The van der Waals surface area contributed by atoms with Crippen LogP contribution in [0.1, 0.15) is 11.1 Å². The third-order valence-electron chi connectivity index (χ3n) is 2.86. The van der Waals surface area contributed by atoms with Crippen LogP contribution in [0.3, 0.4) is 0 Å². The minimum Gasteiger partial charge on any atom is -0.458 e. The topological polar surface area (TPSA) is 64.6 Å². The second kappa shape index (κ2) is 9.04. The molecular weight excluding hydrogens is 294 g/mol. The first-order chi connectivity index (χ1) is 11.2. The first-order valence-corrected chi connectivity index (χ1v) is 7.08. The molecule has 0 aliphatic heterocycles. The molecule has 0 heterocycles. The Morgan fingerprint density at radius 3 is 1.91 bits per heavy atom. The zero-order valence-corrected chi connectivity index (χ0v) is 12.5. The molecule has 0 unspecified atom stereocenters. The van der Waals surface area contributed by atoms with E-state index in [0.29, 0.717) is 0 Å². The molecule has 2 aromatic rings. The van der Waals surface area contributed by atoms with Crippen LogP contribution in [0.2, 0.25) is 0 Å². The van der Waals surface area contributed by atoms with Crippen LogP contribution in [-0.4, -0.2) is 12.1 Å². The van der Waals surface area contributed by atoms with Crippen molar-refractivity contribution < 1.29 is 19.1 Å². The van der Waals surface area contributed by atoms with Crippen LogP contribution >= 0.6 is 0 Å². The molecule has 0 aliphatic carbocycles. The van der Waals surface area contributed by atoms with E-state index in [4.69, 9.17) is 9.47 Å². The number of hydrogen-bond acceptors (Lipinski definition) is 4. The van der Waals surface area contributed by atoms with Crippen molar-refractivity contribution in [2.75, 3.05) is 0 Å². The number of esters is 1. The molecule has 0 fully saturated rings. The van der Waals surface area contributed by atoms with Crippen molar-refractivity contribution >= 4 is 12.1 Å². The van der Waals surface area contributed by atoms with Crippen LogP contribution < -0.4 is 5.32 Å². The number of hydrogen-bond donors (Lipinski definition) is 1. The maximum Gasteiger partial charge on any atom is 0.411 e. The molecular formula is C18H17NO4. The molecule has 0 saturated carbocycles. The first kappa shape index (κ1) is 16.3. The Balaban J connectivity index is 1.65. The molecule has 118 valence electrons. The fourth-order valence-corrected chi connectivity index (χ4v) is 1.72. The molecule has 0 aromatic heterocycles. The molecule has 0 atom stereocenters. The summed E-state index contributed by atoms with van der Waals surface area (Å²) in [7, 11) is 0. The number of amides is 1. The number of carbonyl (C=O) groups excluding carboxylic acids is 2. The lowest BCUT2D eigenvalue weighted by Crippen LogP contribution is -2.18. The Kier molecular flexibility index (Phi) is 6.41. The summed E-state index contributed by atoms with van der Waals surface area (Å²) in [6.07, 6.45) is 1.69. The third-order valence-corrected chi connectivity index (χ3v) is 2.86. The summed E-state index contributed by atoms with van der Waals surface area (Å²) in [6, 6.07) is 18.6. The van der Waals surface area contributed by atoms with E-state index < -0.39 is 12.1 Å². The average molecular weight is 311 g/mol. The molecule has 23 heavy (non-hydrogen) atoms. The van der Waals surface area contributed by atoms with Crippen molar-refractivity contribution in [3.8, 4) is 0 Å². The lowest BCUT2D eigenvalue weighted by atomic mass is 10.2. The minimum atomic E-state index is -0.638. The molecule has 5 nitrogen and oxygen atoms in total. The van der Waals surface area contributed by atoms with Crippen LogP contribution in [0, 0.1) is 0 Å². The van der Waals surface area contributed by atoms with Crippen molar-refractivity contribution in [2.45, 2.75) is 13.2 Å². The van der Waals surface area contributed by atoms with Gasteiger partial charge in [0.2, 0.25) is 0 Å². The Labute approximate surface area is 134 Å². The van der Waals surface area contributed by atoms with E-state index >= 15 is 0 Å². The summed E-state index contributed by atoms with van der Waals surface area (Å²) in [5.41, 5.74) is 1.78. The van der Waals surface area contributed by atoms with Gasteiger partial charge >= 0.3 is 12.1 Å². The fraction of sp³-hybridized carbons (Fsp3) is 0.111. The Morgan fingerprint density at radius 2 is 1.35 bits per heavy atom. The highest BCUT2D eigenvalue weighted by atomic mass is 16.5. The van der Waals surface area contributed by atoms with Crippen LogP contribution in [0.25, 0.3) is 0 Å². The molecule has 0 spiro atoms. The van der Waals surface area contributed by atoms with E-state index in [9.17, 15) is 9.59 Å². The van der Waals surface area contributed by atoms with E-state index in [1.54, 1.807) is 0 Å². The summed E-state index contributed by atoms with van der Waals surface area (Å²) in [5.74, 6) is -0.544. The standard InChI is InChI=1S/C18H17NO4/c20-17(22-13-15-7-3-1-4-8-15)11-12-19-18(21)23-14-16-9-5-2-6-10-16/h1-12H,13-14H2,(H,19,21)/b12-11-. The molecule has 1 N–H and O–H groups in total. The van der Waals surface area contributed by atoms with Crippen molar-refractivity contribution in [1.29, 1.82) is 0 Å². The first-order valence-electron chi connectivity index (χ1n) is 7.08. The summed E-state index contributed by atoms with van der Waals surface area (Å²) >= 11 is 0. The SMILES string of the molecule is O=C(/C=C\NC(=O)OCc1ccccc1)OCc1ccccc1. The summed E-state index contributed by atoms with van der Waals surface area (Å²) < 4.78 is 10.0. The Morgan fingerprint density at radius 1 is 0.826 bits per heavy atom. The van der Waals surface area contributed by atoms with E-state index in [0.717, 1.165) is 17.2 Å². The van der Waals surface area contributed by atoms with Crippen LogP contribution in [-0.2, 0) is 27.5 Å². The van der Waals surface area contributed by atoms with E-state index in [-0.39, 0.29) is 13.2 Å². The molecule has 0 bridgehead atoms. The van der Waals surface area contributed by atoms with Gasteiger partial charge in [-0.05, 0) is 11.1 Å². The Hall–Kier alpha value is -3.08. The van der Waals surface area contributed by atoms with E-state index in [2.05, 4.69) is 5.32 Å². The summed E-state index contributed by atoms with van der Waals surface area (Å²) in [6.45, 7) is 0.349. The van der Waals surface area contributed by atoms with Crippen molar-refractivity contribution in [3.63, 3.8) is 0 Å². The van der Waals surface area contributed by atoms with Crippen molar-refractivity contribution in [1.82, 2.24) is 5.32 Å². The van der Waals surface area contributed by atoms with E-state index in [1.807, 2.05) is 60.7 Å². The number of benzene rings is 2. The third kappa shape index (κ3) is 6.48. The number of alkyl carbamates (subject to hydrolysis) is 1. The average Bonchev–Trinajstić information content (AvgIpc) is 2.60. The molecule has 2 aromatic carbocycles. The normalized spacial score (nSPS) is 10.3. The van der Waals surface area contributed by atoms with E-state index in [1.165, 1.54) is 6.20 Å².